The maximum absolute atomic E-state index is 10.9. The Kier molecular flexibility index (Phi) is 3.13. The fourth-order valence-corrected chi connectivity index (χ4v) is 10.7. The molecule has 0 amide bonds. The molecule has 156 valence electrons. The SMILES string of the molecule is C[C@]12CC[C@H](O)C(O)C1[C@@H]1C[C@@H]1C1C2CC[C@@]2(C)C1C1C[C@@H]1[C@@]21CCC(O)O1. The second kappa shape index (κ2) is 5.00. The molecule has 7 unspecified atom stereocenters. The molecule has 14 atom stereocenters. The molecular formula is C24H36O4. The summed E-state index contributed by atoms with van der Waals surface area (Å²) in [6.07, 6.45) is 7.19. The van der Waals surface area contributed by atoms with E-state index in [2.05, 4.69) is 13.8 Å². The molecule has 4 nitrogen and oxygen atoms in total. The highest BCUT2D eigenvalue weighted by Crippen LogP contribution is 2.82. The van der Waals surface area contributed by atoms with E-state index in [0.717, 1.165) is 49.4 Å². The monoisotopic (exact) mass is 388 g/mol. The molecule has 3 N–H and O–H groups in total. The molecule has 4 heteroatoms. The predicted octanol–water partition coefficient (Wildman–Crippen LogP) is 2.94. The molecule has 1 saturated heterocycles. The van der Waals surface area contributed by atoms with Crippen molar-refractivity contribution in [3.63, 3.8) is 0 Å². The molecule has 6 aliphatic carbocycles. The Morgan fingerprint density at radius 1 is 0.786 bits per heavy atom. The van der Waals surface area contributed by atoms with Crippen LogP contribution in [0.4, 0.5) is 0 Å². The van der Waals surface area contributed by atoms with Gasteiger partial charge in [0.05, 0.1) is 17.8 Å². The van der Waals surface area contributed by atoms with Crippen LogP contribution in [0.1, 0.15) is 65.2 Å². The highest BCUT2D eigenvalue weighted by atomic mass is 16.6. The fourth-order valence-electron chi connectivity index (χ4n) is 10.7. The van der Waals surface area contributed by atoms with Crippen molar-refractivity contribution in [3.05, 3.63) is 0 Å². The normalized spacial score (nSPS) is 71.2. The van der Waals surface area contributed by atoms with Crippen molar-refractivity contribution in [1.29, 1.82) is 0 Å². The molecule has 1 aliphatic heterocycles. The third kappa shape index (κ3) is 1.74. The largest absolute Gasteiger partial charge is 0.390 e. The maximum Gasteiger partial charge on any atom is 0.155 e. The number of hydrogen-bond donors (Lipinski definition) is 3. The third-order valence-electron chi connectivity index (χ3n) is 11.8. The molecular weight excluding hydrogens is 352 g/mol. The second-order valence-corrected chi connectivity index (χ2v) is 12.4. The minimum absolute atomic E-state index is 0.0584. The van der Waals surface area contributed by atoms with Crippen LogP contribution in [0.15, 0.2) is 0 Å². The van der Waals surface area contributed by atoms with Gasteiger partial charge in [-0.2, -0.15) is 0 Å². The van der Waals surface area contributed by atoms with Crippen molar-refractivity contribution in [2.24, 2.45) is 58.2 Å². The van der Waals surface area contributed by atoms with Crippen LogP contribution >= 0.6 is 0 Å². The Labute approximate surface area is 168 Å². The minimum Gasteiger partial charge on any atom is -0.390 e. The Bertz CT molecular complexity index is 725. The molecule has 0 radical (unpaired) electrons. The van der Waals surface area contributed by atoms with E-state index in [-0.39, 0.29) is 16.4 Å². The van der Waals surface area contributed by atoms with E-state index in [9.17, 15) is 15.3 Å². The maximum atomic E-state index is 10.9. The summed E-state index contributed by atoms with van der Waals surface area (Å²) in [4.78, 5) is 0. The molecule has 0 bridgehead atoms. The number of rotatable bonds is 0. The van der Waals surface area contributed by atoms with Crippen LogP contribution in [0.2, 0.25) is 0 Å². The van der Waals surface area contributed by atoms with E-state index in [4.69, 9.17) is 4.74 Å². The van der Waals surface area contributed by atoms with Crippen molar-refractivity contribution in [2.75, 3.05) is 0 Å². The Hall–Kier alpha value is -0.160. The standard InChI is InChI=1S/C24H36O4/c1-22-6-4-16(25)21(27)20(22)12-9-11(12)18-14(22)3-7-23(2)19(18)13-10-15(13)24(23)8-5-17(26)28-24/h11-21,25-27H,3-10H2,1-2H3/t11-,12+,13?,14?,15-,16-,17?,18?,19?,20?,21?,22+,23-,24-/m0/s1. The quantitative estimate of drug-likeness (QED) is 0.597. The zero-order chi connectivity index (χ0) is 19.2. The highest BCUT2D eigenvalue weighted by molar-refractivity contribution is 5.29. The van der Waals surface area contributed by atoms with E-state index in [1.807, 2.05) is 0 Å². The molecule has 6 saturated carbocycles. The van der Waals surface area contributed by atoms with Gasteiger partial charge in [-0.3, -0.25) is 0 Å². The smallest absolute Gasteiger partial charge is 0.155 e. The lowest BCUT2D eigenvalue weighted by molar-refractivity contribution is -0.225. The lowest BCUT2D eigenvalue weighted by Gasteiger charge is -2.63. The first-order valence-electron chi connectivity index (χ1n) is 12.0. The molecule has 7 aliphatic rings. The average Bonchev–Trinajstić information content (AvgIpc) is 3.55. The van der Waals surface area contributed by atoms with Gasteiger partial charge in [-0.1, -0.05) is 13.8 Å². The van der Waals surface area contributed by atoms with Gasteiger partial charge >= 0.3 is 0 Å². The summed E-state index contributed by atoms with van der Waals surface area (Å²) < 4.78 is 6.41. The van der Waals surface area contributed by atoms with E-state index >= 15 is 0 Å². The van der Waals surface area contributed by atoms with Crippen LogP contribution in [0, 0.1) is 58.2 Å². The Balaban J connectivity index is 1.29. The molecule has 1 heterocycles. The highest BCUT2D eigenvalue weighted by Gasteiger charge is 2.81. The van der Waals surface area contributed by atoms with Crippen molar-refractivity contribution < 1.29 is 20.1 Å². The van der Waals surface area contributed by atoms with Crippen LogP contribution in [-0.4, -0.2) is 39.4 Å². The van der Waals surface area contributed by atoms with Crippen LogP contribution in [0.5, 0.6) is 0 Å². The van der Waals surface area contributed by atoms with Crippen molar-refractivity contribution >= 4 is 0 Å². The summed E-state index contributed by atoms with van der Waals surface area (Å²) in [5.41, 5.74) is 0.359. The molecule has 0 aromatic carbocycles. The van der Waals surface area contributed by atoms with E-state index < -0.39 is 18.5 Å². The first-order valence-corrected chi connectivity index (χ1v) is 12.0. The zero-order valence-electron chi connectivity index (χ0n) is 17.3. The summed E-state index contributed by atoms with van der Waals surface area (Å²) in [5, 5.41) is 31.6. The van der Waals surface area contributed by atoms with Gasteiger partial charge in [-0.15, -0.1) is 0 Å². The molecule has 0 aromatic rings. The van der Waals surface area contributed by atoms with Crippen molar-refractivity contribution in [1.82, 2.24) is 0 Å². The van der Waals surface area contributed by atoms with Crippen molar-refractivity contribution in [2.45, 2.75) is 89.3 Å². The molecule has 7 fully saturated rings. The summed E-state index contributed by atoms with van der Waals surface area (Å²) in [6, 6.07) is 0. The van der Waals surface area contributed by atoms with Crippen LogP contribution in [-0.2, 0) is 4.74 Å². The number of aliphatic hydroxyl groups excluding tert-OH is 3. The van der Waals surface area contributed by atoms with Gasteiger partial charge < -0.3 is 20.1 Å². The molecule has 1 spiro atoms. The first kappa shape index (κ1) is 17.5. The number of fused-ring (bicyclic) bond motifs is 12. The van der Waals surface area contributed by atoms with Gasteiger partial charge in [0, 0.05) is 11.8 Å². The van der Waals surface area contributed by atoms with E-state index in [1.165, 1.54) is 25.7 Å². The third-order valence-corrected chi connectivity index (χ3v) is 11.8. The number of ether oxygens (including phenoxy) is 1. The zero-order valence-corrected chi connectivity index (χ0v) is 17.3. The van der Waals surface area contributed by atoms with Crippen molar-refractivity contribution in [3.8, 4) is 0 Å². The molecule has 0 aromatic heterocycles. The molecule has 28 heavy (non-hydrogen) atoms. The Morgan fingerprint density at radius 3 is 2.36 bits per heavy atom. The summed E-state index contributed by atoms with van der Waals surface area (Å²) in [6.45, 7) is 4.98. The lowest BCUT2D eigenvalue weighted by Crippen LogP contribution is -2.61. The summed E-state index contributed by atoms with van der Waals surface area (Å²) in [7, 11) is 0. The summed E-state index contributed by atoms with van der Waals surface area (Å²) in [5.74, 6) is 5.41. The minimum atomic E-state index is -0.550. The number of aliphatic hydroxyl groups is 3. The lowest BCUT2D eigenvalue weighted by atomic mass is 9.43. The van der Waals surface area contributed by atoms with Gasteiger partial charge in [0.25, 0.3) is 0 Å². The van der Waals surface area contributed by atoms with Gasteiger partial charge in [-0.05, 0) is 97.7 Å². The molecule has 7 rings (SSSR count). The van der Waals surface area contributed by atoms with Crippen LogP contribution < -0.4 is 0 Å². The van der Waals surface area contributed by atoms with Crippen LogP contribution in [0.3, 0.4) is 0 Å². The van der Waals surface area contributed by atoms with Gasteiger partial charge in [0.15, 0.2) is 6.29 Å². The fraction of sp³-hybridized carbons (Fsp3) is 1.00. The predicted molar refractivity (Wildman–Crippen MR) is 103 cm³/mol. The van der Waals surface area contributed by atoms with E-state index in [1.54, 1.807) is 0 Å². The first-order chi connectivity index (χ1) is 13.3. The Morgan fingerprint density at radius 2 is 1.61 bits per heavy atom. The van der Waals surface area contributed by atoms with Gasteiger partial charge in [0.1, 0.15) is 0 Å². The topological polar surface area (TPSA) is 69.9 Å². The second-order valence-electron chi connectivity index (χ2n) is 12.4. The van der Waals surface area contributed by atoms with Gasteiger partial charge in [0.2, 0.25) is 0 Å². The van der Waals surface area contributed by atoms with Gasteiger partial charge in [-0.25, -0.2) is 0 Å². The van der Waals surface area contributed by atoms with Crippen LogP contribution in [0.25, 0.3) is 0 Å². The summed E-state index contributed by atoms with van der Waals surface area (Å²) >= 11 is 0. The number of hydrogen-bond acceptors (Lipinski definition) is 4. The van der Waals surface area contributed by atoms with E-state index in [0.29, 0.717) is 23.7 Å². The average molecular weight is 389 g/mol.